The molecule has 0 spiro atoms. The third-order valence-corrected chi connectivity index (χ3v) is 2.04. The molecule has 0 aromatic rings. The highest BCUT2D eigenvalue weighted by molar-refractivity contribution is 5.67. The Hall–Kier alpha value is -0.810. The molecule has 5 heteroatoms. The van der Waals surface area contributed by atoms with E-state index < -0.39 is 6.09 Å². The van der Waals surface area contributed by atoms with Gasteiger partial charge in [0, 0.05) is 6.04 Å². The number of alkyl carbamates (subject to hydrolysis) is 1. The van der Waals surface area contributed by atoms with E-state index in [4.69, 9.17) is 10.6 Å². The van der Waals surface area contributed by atoms with Gasteiger partial charge in [0.1, 0.15) is 13.2 Å². The Balaban J connectivity index is 3.40. The summed E-state index contributed by atoms with van der Waals surface area (Å²) in [5.41, 5.74) is 0. The third-order valence-electron chi connectivity index (χ3n) is 2.04. The number of unbranched alkanes of at least 4 members (excludes halogenated alkanes) is 2. The second-order valence-electron chi connectivity index (χ2n) is 3.55. The molecule has 0 saturated carbocycles. The molecule has 0 aromatic heterocycles. The Labute approximate surface area is 91.3 Å². The van der Waals surface area contributed by atoms with Crippen LogP contribution in [0.5, 0.6) is 0 Å². The summed E-state index contributed by atoms with van der Waals surface area (Å²) in [7, 11) is 0. The van der Waals surface area contributed by atoms with Gasteiger partial charge in [0.25, 0.3) is 0 Å². The number of hydrogen-bond acceptors (Lipinski definition) is 4. The van der Waals surface area contributed by atoms with E-state index in [9.17, 15) is 4.79 Å². The van der Waals surface area contributed by atoms with Gasteiger partial charge in [-0.3, -0.25) is 0 Å². The maximum Gasteiger partial charge on any atom is 0.407 e. The van der Waals surface area contributed by atoms with Gasteiger partial charge in [-0.1, -0.05) is 26.2 Å². The molecule has 1 atom stereocenters. The van der Waals surface area contributed by atoms with Crippen LogP contribution in [-0.4, -0.2) is 25.3 Å². The molecule has 1 amide bonds. The van der Waals surface area contributed by atoms with Gasteiger partial charge in [-0.2, -0.15) is 0 Å². The summed E-state index contributed by atoms with van der Waals surface area (Å²) in [5.74, 6) is 4.79. The predicted octanol–water partition coefficient (Wildman–Crippen LogP) is 1.57. The number of ether oxygens (including phenoxy) is 1. The SMILES string of the molecule is CCCCCC(C)NC(=O)OCCON. The molecule has 90 valence electrons. The highest BCUT2D eigenvalue weighted by Gasteiger charge is 2.07. The van der Waals surface area contributed by atoms with Crippen molar-refractivity contribution in [1.82, 2.24) is 5.32 Å². The smallest absolute Gasteiger partial charge is 0.407 e. The van der Waals surface area contributed by atoms with E-state index in [1.165, 1.54) is 12.8 Å². The summed E-state index contributed by atoms with van der Waals surface area (Å²) < 4.78 is 4.80. The van der Waals surface area contributed by atoms with Crippen LogP contribution in [0.2, 0.25) is 0 Å². The summed E-state index contributed by atoms with van der Waals surface area (Å²) in [5, 5.41) is 2.74. The molecule has 0 bridgehead atoms. The van der Waals surface area contributed by atoms with E-state index in [0.717, 1.165) is 12.8 Å². The molecule has 0 rings (SSSR count). The van der Waals surface area contributed by atoms with Crippen molar-refractivity contribution in [1.29, 1.82) is 0 Å². The Morgan fingerprint density at radius 1 is 1.40 bits per heavy atom. The summed E-state index contributed by atoms with van der Waals surface area (Å²) in [6.45, 7) is 4.52. The van der Waals surface area contributed by atoms with E-state index in [1.807, 2.05) is 6.92 Å². The number of hydrogen-bond donors (Lipinski definition) is 2. The molecule has 0 aliphatic rings. The van der Waals surface area contributed by atoms with Crippen LogP contribution in [0.1, 0.15) is 39.5 Å². The van der Waals surface area contributed by atoms with Crippen LogP contribution >= 0.6 is 0 Å². The fourth-order valence-electron chi connectivity index (χ4n) is 1.20. The lowest BCUT2D eigenvalue weighted by atomic mass is 10.1. The number of nitrogens with one attached hydrogen (secondary N) is 1. The minimum absolute atomic E-state index is 0.155. The van der Waals surface area contributed by atoms with Crippen molar-refractivity contribution in [3.63, 3.8) is 0 Å². The molecular formula is C10H22N2O3. The molecule has 3 N–H and O–H groups in total. The van der Waals surface area contributed by atoms with E-state index >= 15 is 0 Å². The van der Waals surface area contributed by atoms with Gasteiger partial charge >= 0.3 is 6.09 Å². The van der Waals surface area contributed by atoms with Gasteiger partial charge in [-0.25, -0.2) is 10.7 Å². The van der Waals surface area contributed by atoms with Crippen molar-refractivity contribution < 1.29 is 14.4 Å². The van der Waals surface area contributed by atoms with Crippen LogP contribution in [-0.2, 0) is 9.57 Å². The molecule has 5 nitrogen and oxygen atoms in total. The molecule has 0 aliphatic heterocycles. The van der Waals surface area contributed by atoms with E-state index in [-0.39, 0.29) is 19.3 Å². The Kier molecular flexibility index (Phi) is 9.21. The summed E-state index contributed by atoms with van der Waals surface area (Å²) in [6.07, 6.45) is 4.09. The van der Waals surface area contributed by atoms with Crippen LogP contribution in [0, 0.1) is 0 Å². The van der Waals surface area contributed by atoms with Crippen molar-refractivity contribution in [2.24, 2.45) is 5.90 Å². The lowest BCUT2D eigenvalue weighted by Crippen LogP contribution is -2.33. The summed E-state index contributed by atoms with van der Waals surface area (Å²) in [6, 6.07) is 0.155. The largest absolute Gasteiger partial charge is 0.447 e. The lowest BCUT2D eigenvalue weighted by molar-refractivity contribution is 0.0721. The van der Waals surface area contributed by atoms with E-state index in [1.54, 1.807) is 0 Å². The minimum atomic E-state index is -0.406. The number of nitrogens with two attached hydrogens (primary N) is 1. The van der Waals surface area contributed by atoms with Crippen LogP contribution < -0.4 is 11.2 Å². The van der Waals surface area contributed by atoms with Crippen molar-refractivity contribution in [2.45, 2.75) is 45.6 Å². The third kappa shape index (κ3) is 9.49. The minimum Gasteiger partial charge on any atom is -0.447 e. The maximum atomic E-state index is 11.1. The first-order chi connectivity index (χ1) is 7.20. The number of carbonyl (C=O) groups excluding carboxylic acids is 1. The van der Waals surface area contributed by atoms with Gasteiger partial charge in [0.2, 0.25) is 0 Å². The first-order valence-electron chi connectivity index (χ1n) is 5.45. The van der Waals surface area contributed by atoms with Crippen LogP contribution in [0.3, 0.4) is 0 Å². The van der Waals surface area contributed by atoms with Crippen molar-refractivity contribution in [2.75, 3.05) is 13.2 Å². The van der Waals surface area contributed by atoms with Crippen LogP contribution in [0.25, 0.3) is 0 Å². The molecular weight excluding hydrogens is 196 g/mol. The monoisotopic (exact) mass is 218 g/mol. The van der Waals surface area contributed by atoms with Crippen LogP contribution in [0.4, 0.5) is 4.79 Å². The molecule has 0 aromatic carbocycles. The second-order valence-corrected chi connectivity index (χ2v) is 3.55. The molecule has 0 heterocycles. The zero-order valence-corrected chi connectivity index (χ0v) is 9.62. The van der Waals surface area contributed by atoms with Gasteiger partial charge in [0.05, 0.1) is 0 Å². The predicted molar refractivity (Wildman–Crippen MR) is 58.2 cm³/mol. The molecule has 0 radical (unpaired) electrons. The Morgan fingerprint density at radius 3 is 2.73 bits per heavy atom. The second kappa shape index (κ2) is 9.73. The highest BCUT2D eigenvalue weighted by Crippen LogP contribution is 2.02. The zero-order chi connectivity index (χ0) is 11.5. The Morgan fingerprint density at radius 2 is 2.13 bits per heavy atom. The maximum absolute atomic E-state index is 11.1. The molecule has 1 unspecified atom stereocenters. The zero-order valence-electron chi connectivity index (χ0n) is 9.62. The van der Waals surface area contributed by atoms with E-state index in [2.05, 4.69) is 17.1 Å². The van der Waals surface area contributed by atoms with E-state index in [0.29, 0.717) is 0 Å². The topological polar surface area (TPSA) is 73.6 Å². The quantitative estimate of drug-likeness (QED) is 0.479. The van der Waals surface area contributed by atoms with Gasteiger partial charge < -0.3 is 14.9 Å². The van der Waals surface area contributed by atoms with Gasteiger partial charge in [0.15, 0.2) is 0 Å². The van der Waals surface area contributed by atoms with Crippen molar-refractivity contribution in [3.8, 4) is 0 Å². The normalized spacial score (nSPS) is 12.2. The average Bonchev–Trinajstić information content (AvgIpc) is 2.18. The van der Waals surface area contributed by atoms with Crippen molar-refractivity contribution in [3.05, 3.63) is 0 Å². The molecule has 15 heavy (non-hydrogen) atoms. The number of carbonyl (C=O) groups is 1. The first kappa shape index (κ1) is 14.2. The molecule has 0 fully saturated rings. The fraction of sp³-hybridized carbons (Fsp3) is 0.900. The summed E-state index contributed by atoms with van der Waals surface area (Å²) >= 11 is 0. The number of rotatable bonds is 8. The lowest BCUT2D eigenvalue weighted by Gasteiger charge is -2.13. The molecule has 0 aliphatic carbocycles. The first-order valence-corrected chi connectivity index (χ1v) is 5.45. The average molecular weight is 218 g/mol. The number of amides is 1. The summed E-state index contributed by atoms with van der Waals surface area (Å²) in [4.78, 5) is 15.4. The Bertz CT molecular complexity index is 165. The van der Waals surface area contributed by atoms with Gasteiger partial charge in [-0.05, 0) is 13.3 Å². The molecule has 0 saturated heterocycles. The standard InChI is InChI=1S/C10H22N2O3/c1-3-4-5-6-9(2)12-10(13)14-7-8-15-11/h9H,3-8,11H2,1-2H3,(H,12,13). The van der Waals surface area contributed by atoms with Gasteiger partial charge in [-0.15, -0.1) is 0 Å². The fourth-order valence-corrected chi connectivity index (χ4v) is 1.20. The van der Waals surface area contributed by atoms with Crippen LogP contribution in [0.15, 0.2) is 0 Å². The van der Waals surface area contributed by atoms with Crippen molar-refractivity contribution >= 4 is 6.09 Å². The highest BCUT2D eigenvalue weighted by atomic mass is 16.6.